The summed E-state index contributed by atoms with van der Waals surface area (Å²) in [7, 11) is 0. The van der Waals surface area contributed by atoms with Gasteiger partial charge in [0.2, 0.25) is 0 Å². The Hall–Kier alpha value is -5.21. The summed E-state index contributed by atoms with van der Waals surface area (Å²) >= 11 is 0. The standard InChI is InChI=1S/C38H26N2/c1-4-12-27(13-5-1)28-22-24-39-36(26-28)40-25-23-32-35(40)21-20-34-37(32)31-18-10-11-19-33(31)38(34,29-14-6-2-7-15-29)30-16-8-3-9-17-30/h1-26H. The Bertz CT molecular complexity index is 1950. The largest absolute Gasteiger partial charge is 0.301 e. The molecule has 1 aliphatic carbocycles. The second-order valence-corrected chi connectivity index (χ2v) is 10.4. The van der Waals surface area contributed by atoms with Gasteiger partial charge in [0.15, 0.2) is 0 Å². The minimum atomic E-state index is -0.393. The highest BCUT2D eigenvalue weighted by molar-refractivity contribution is 6.03. The van der Waals surface area contributed by atoms with Gasteiger partial charge in [-0.1, -0.05) is 121 Å². The van der Waals surface area contributed by atoms with Crippen molar-refractivity contribution in [3.05, 3.63) is 180 Å². The molecule has 1 aliphatic rings. The molecule has 188 valence electrons. The summed E-state index contributed by atoms with van der Waals surface area (Å²) in [6.45, 7) is 0. The fourth-order valence-corrected chi connectivity index (χ4v) is 6.72. The number of pyridine rings is 1. The van der Waals surface area contributed by atoms with Gasteiger partial charge in [-0.25, -0.2) is 4.98 Å². The normalized spacial score (nSPS) is 13.2. The molecule has 2 heterocycles. The van der Waals surface area contributed by atoms with E-state index in [0.29, 0.717) is 0 Å². The average molecular weight is 511 g/mol. The number of aromatic nitrogens is 2. The predicted octanol–water partition coefficient (Wildman–Crippen LogP) is 9.06. The van der Waals surface area contributed by atoms with E-state index in [4.69, 9.17) is 4.98 Å². The van der Waals surface area contributed by atoms with Gasteiger partial charge in [-0.3, -0.25) is 0 Å². The van der Waals surface area contributed by atoms with Crippen LogP contribution in [0.25, 0.3) is 39.0 Å². The zero-order valence-electron chi connectivity index (χ0n) is 21.9. The zero-order chi connectivity index (χ0) is 26.5. The molecule has 0 spiro atoms. The summed E-state index contributed by atoms with van der Waals surface area (Å²) in [4.78, 5) is 4.78. The van der Waals surface area contributed by atoms with E-state index >= 15 is 0 Å². The van der Waals surface area contributed by atoms with Crippen LogP contribution >= 0.6 is 0 Å². The molecule has 0 saturated heterocycles. The van der Waals surface area contributed by atoms with Crippen LogP contribution in [-0.4, -0.2) is 9.55 Å². The van der Waals surface area contributed by atoms with Crippen LogP contribution in [0, 0.1) is 0 Å². The van der Waals surface area contributed by atoms with Gasteiger partial charge in [0.1, 0.15) is 5.82 Å². The van der Waals surface area contributed by atoms with Gasteiger partial charge in [0, 0.05) is 17.8 Å². The Balaban J connectivity index is 1.40. The zero-order valence-corrected chi connectivity index (χ0v) is 21.9. The molecule has 2 heteroatoms. The number of hydrogen-bond acceptors (Lipinski definition) is 1. The monoisotopic (exact) mass is 510 g/mol. The topological polar surface area (TPSA) is 17.8 Å². The maximum Gasteiger partial charge on any atom is 0.137 e. The second-order valence-electron chi connectivity index (χ2n) is 10.4. The maximum atomic E-state index is 4.78. The third kappa shape index (κ3) is 3.20. The first-order valence-corrected chi connectivity index (χ1v) is 13.7. The molecule has 0 unspecified atom stereocenters. The van der Waals surface area contributed by atoms with Gasteiger partial charge >= 0.3 is 0 Å². The molecule has 2 nitrogen and oxygen atoms in total. The molecule has 8 rings (SSSR count). The first-order valence-electron chi connectivity index (χ1n) is 13.7. The van der Waals surface area contributed by atoms with Gasteiger partial charge in [-0.15, -0.1) is 0 Å². The molecule has 0 atom stereocenters. The fourth-order valence-electron chi connectivity index (χ4n) is 6.72. The van der Waals surface area contributed by atoms with E-state index in [1.165, 1.54) is 44.3 Å². The summed E-state index contributed by atoms with van der Waals surface area (Å²) in [5.74, 6) is 0.917. The Kier molecular flexibility index (Phi) is 5.08. The van der Waals surface area contributed by atoms with Gasteiger partial charge in [0.05, 0.1) is 10.9 Å². The first kappa shape index (κ1) is 22.7. The van der Waals surface area contributed by atoms with Crippen LogP contribution < -0.4 is 0 Å². The molecule has 5 aromatic carbocycles. The van der Waals surface area contributed by atoms with E-state index in [9.17, 15) is 0 Å². The van der Waals surface area contributed by atoms with Crippen molar-refractivity contribution in [1.82, 2.24) is 9.55 Å². The second kappa shape index (κ2) is 8.93. The van der Waals surface area contributed by atoms with E-state index in [-0.39, 0.29) is 0 Å². The van der Waals surface area contributed by atoms with Crippen LogP contribution in [-0.2, 0) is 5.41 Å². The molecule has 40 heavy (non-hydrogen) atoms. The van der Waals surface area contributed by atoms with Crippen molar-refractivity contribution >= 4 is 10.9 Å². The van der Waals surface area contributed by atoms with Gasteiger partial charge in [0.25, 0.3) is 0 Å². The Morgan fingerprint density at radius 2 is 1.18 bits per heavy atom. The van der Waals surface area contributed by atoms with Gasteiger partial charge in [-0.2, -0.15) is 0 Å². The van der Waals surface area contributed by atoms with Crippen molar-refractivity contribution in [3.8, 4) is 28.1 Å². The molecule has 7 aromatic rings. The third-order valence-electron chi connectivity index (χ3n) is 8.39. The molecular formula is C38H26N2. The van der Waals surface area contributed by atoms with Crippen LogP contribution in [0.5, 0.6) is 0 Å². The van der Waals surface area contributed by atoms with E-state index in [1.807, 2.05) is 12.3 Å². The lowest BCUT2D eigenvalue weighted by molar-refractivity contribution is 0.769. The molecule has 0 N–H and O–H groups in total. The SMILES string of the molecule is c1ccc(-c2ccnc(-n3ccc4c5c(ccc43)C(c3ccccc3)(c3ccccc3)c3ccccc3-5)c2)cc1. The van der Waals surface area contributed by atoms with Crippen molar-refractivity contribution in [2.24, 2.45) is 0 Å². The molecule has 2 aromatic heterocycles. The molecule has 0 saturated carbocycles. The van der Waals surface area contributed by atoms with Crippen molar-refractivity contribution in [1.29, 1.82) is 0 Å². The van der Waals surface area contributed by atoms with Crippen molar-refractivity contribution in [3.63, 3.8) is 0 Å². The van der Waals surface area contributed by atoms with E-state index in [2.05, 4.69) is 150 Å². The summed E-state index contributed by atoms with van der Waals surface area (Å²) in [6, 6.07) is 52.4. The highest BCUT2D eigenvalue weighted by Crippen LogP contribution is 2.57. The Morgan fingerprint density at radius 3 is 1.90 bits per heavy atom. The average Bonchev–Trinajstić information content (AvgIpc) is 3.60. The molecule has 0 amide bonds. The molecule has 0 aliphatic heterocycles. The van der Waals surface area contributed by atoms with Crippen LogP contribution in [0.2, 0.25) is 0 Å². The highest BCUT2D eigenvalue weighted by atomic mass is 15.0. The Labute approximate surface area is 233 Å². The molecule has 0 bridgehead atoms. The number of hydrogen-bond donors (Lipinski definition) is 0. The minimum Gasteiger partial charge on any atom is -0.301 e. The highest BCUT2D eigenvalue weighted by Gasteiger charge is 2.46. The number of nitrogens with zero attached hydrogens (tertiary/aromatic N) is 2. The number of rotatable bonds is 4. The summed E-state index contributed by atoms with van der Waals surface area (Å²) in [6.07, 6.45) is 4.07. The molecule has 0 radical (unpaired) electrons. The third-order valence-corrected chi connectivity index (χ3v) is 8.39. The molecule has 0 fully saturated rings. The lowest BCUT2D eigenvalue weighted by Crippen LogP contribution is -2.28. The summed E-state index contributed by atoms with van der Waals surface area (Å²) in [5, 5.41) is 1.24. The van der Waals surface area contributed by atoms with Crippen molar-refractivity contribution in [2.75, 3.05) is 0 Å². The van der Waals surface area contributed by atoms with Crippen LogP contribution in [0.15, 0.2) is 158 Å². The van der Waals surface area contributed by atoms with Crippen molar-refractivity contribution in [2.45, 2.75) is 5.41 Å². The summed E-state index contributed by atoms with van der Waals surface area (Å²) in [5.41, 5.74) is 10.9. The smallest absolute Gasteiger partial charge is 0.137 e. The fraction of sp³-hybridized carbons (Fsp3) is 0.0263. The lowest BCUT2D eigenvalue weighted by Gasteiger charge is -2.33. The summed E-state index contributed by atoms with van der Waals surface area (Å²) < 4.78 is 2.22. The molecular weight excluding hydrogens is 484 g/mol. The van der Waals surface area contributed by atoms with Crippen LogP contribution in [0.1, 0.15) is 22.3 Å². The lowest BCUT2D eigenvalue weighted by atomic mass is 9.67. The predicted molar refractivity (Wildman–Crippen MR) is 164 cm³/mol. The Morgan fingerprint density at radius 1 is 0.525 bits per heavy atom. The number of fused-ring (bicyclic) bond motifs is 5. The van der Waals surface area contributed by atoms with Gasteiger partial charge < -0.3 is 4.57 Å². The minimum absolute atomic E-state index is 0.393. The van der Waals surface area contributed by atoms with E-state index in [1.54, 1.807) is 0 Å². The first-order chi connectivity index (χ1) is 19.9. The van der Waals surface area contributed by atoms with E-state index < -0.39 is 5.41 Å². The van der Waals surface area contributed by atoms with Crippen molar-refractivity contribution < 1.29 is 0 Å². The number of benzene rings is 5. The quantitative estimate of drug-likeness (QED) is 0.231. The van der Waals surface area contributed by atoms with Crippen LogP contribution in [0.3, 0.4) is 0 Å². The van der Waals surface area contributed by atoms with Crippen LogP contribution in [0.4, 0.5) is 0 Å². The van der Waals surface area contributed by atoms with Gasteiger partial charge in [-0.05, 0) is 68.8 Å². The maximum absolute atomic E-state index is 4.78. The van der Waals surface area contributed by atoms with E-state index in [0.717, 1.165) is 16.9 Å².